The zero-order valence-electron chi connectivity index (χ0n) is 12.6. The maximum Gasteiger partial charge on any atom is 0.216 e. The minimum absolute atomic E-state index is 0.0114. The first kappa shape index (κ1) is 16.7. The Morgan fingerprint density at radius 1 is 1.25 bits per heavy atom. The van der Waals surface area contributed by atoms with Crippen molar-refractivity contribution in [2.24, 2.45) is 0 Å². The smallest absolute Gasteiger partial charge is 0.216 e. The molecule has 20 heavy (non-hydrogen) atoms. The highest BCUT2D eigenvalue weighted by Crippen LogP contribution is 2.14. The third kappa shape index (κ3) is 6.17. The molecule has 2 atom stereocenters. The lowest BCUT2D eigenvalue weighted by Crippen LogP contribution is -2.29. The van der Waals surface area contributed by atoms with Crippen molar-refractivity contribution in [3.63, 3.8) is 0 Å². The van der Waals surface area contributed by atoms with Crippen molar-refractivity contribution in [2.45, 2.75) is 45.7 Å². The Morgan fingerprint density at radius 2 is 1.90 bits per heavy atom. The highest BCUT2D eigenvalue weighted by atomic mass is 16.3. The van der Waals surface area contributed by atoms with Gasteiger partial charge in [-0.3, -0.25) is 4.79 Å². The quantitative estimate of drug-likeness (QED) is 0.679. The average Bonchev–Trinajstić information content (AvgIpc) is 2.39. The molecule has 112 valence electrons. The van der Waals surface area contributed by atoms with E-state index in [-0.39, 0.29) is 18.6 Å². The Bertz CT molecular complexity index is 403. The van der Waals surface area contributed by atoms with Gasteiger partial charge in [0.2, 0.25) is 5.91 Å². The number of hydrogen-bond donors (Lipinski definition) is 3. The molecule has 1 aromatic carbocycles. The molecule has 0 aliphatic heterocycles. The van der Waals surface area contributed by atoms with Crippen LogP contribution >= 0.6 is 0 Å². The molecule has 0 aliphatic carbocycles. The van der Waals surface area contributed by atoms with Crippen molar-refractivity contribution in [3.8, 4) is 0 Å². The van der Waals surface area contributed by atoms with Crippen LogP contribution in [0, 0.1) is 0 Å². The van der Waals surface area contributed by atoms with Crippen molar-refractivity contribution < 1.29 is 9.90 Å². The maximum absolute atomic E-state index is 10.8. The number of aliphatic hydroxyl groups is 1. The Morgan fingerprint density at radius 3 is 2.45 bits per heavy atom. The molecule has 0 aromatic heterocycles. The Labute approximate surface area is 121 Å². The molecule has 3 N–H and O–H groups in total. The van der Waals surface area contributed by atoms with Crippen molar-refractivity contribution >= 4 is 5.91 Å². The van der Waals surface area contributed by atoms with Gasteiger partial charge >= 0.3 is 0 Å². The van der Waals surface area contributed by atoms with E-state index in [1.165, 1.54) is 18.1 Å². The molecule has 1 aromatic rings. The second kappa shape index (κ2) is 8.72. The first-order valence-electron chi connectivity index (χ1n) is 7.23. The minimum Gasteiger partial charge on any atom is -0.396 e. The molecular weight excluding hydrogens is 252 g/mol. The van der Waals surface area contributed by atoms with Crippen LogP contribution in [0.25, 0.3) is 0 Å². The summed E-state index contributed by atoms with van der Waals surface area (Å²) in [7, 11) is 0. The molecule has 2 unspecified atom stereocenters. The van der Waals surface area contributed by atoms with E-state index < -0.39 is 0 Å². The molecule has 0 aliphatic rings. The molecule has 0 radical (unpaired) electrons. The van der Waals surface area contributed by atoms with E-state index in [0.717, 1.165) is 12.8 Å². The van der Waals surface area contributed by atoms with E-state index in [1.807, 2.05) is 0 Å². The van der Waals surface area contributed by atoms with Crippen LogP contribution in [0.2, 0.25) is 0 Å². The molecule has 0 heterocycles. The number of hydrogen-bond acceptors (Lipinski definition) is 3. The van der Waals surface area contributed by atoms with Gasteiger partial charge in [0.05, 0.1) is 0 Å². The fourth-order valence-corrected chi connectivity index (χ4v) is 2.16. The molecule has 0 saturated heterocycles. The van der Waals surface area contributed by atoms with Gasteiger partial charge in [0.1, 0.15) is 0 Å². The minimum atomic E-state index is 0.0114. The van der Waals surface area contributed by atoms with Gasteiger partial charge in [-0.2, -0.15) is 0 Å². The van der Waals surface area contributed by atoms with Crippen molar-refractivity contribution in [3.05, 3.63) is 35.4 Å². The number of benzene rings is 1. The first-order chi connectivity index (χ1) is 9.52. The number of rotatable bonds is 8. The summed E-state index contributed by atoms with van der Waals surface area (Å²) in [6, 6.07) is 9.01. The number of carbonyl (C=O) groups is 1. The van der Waals surface area contributed by atoms with E-state index >= 15 is 0 Å². The first-order valence-corrected chi connectivity index (χ1v) is 7.23. The lowest BCUT2D eigenvalue weighted by Gasteiger charge is -2.20. The molecule has 4 heteroatoms. The topological polar surface area (TPSA) is 61.4 Å². The highest BCUT2D eigenvalue weighted by Gasteiger charge is 2.08. The summed E-state index contributed by atoms with van der Waals surface area (Å²) in [5.41, 5.74) is 2.45. The number of amides is 1. The van der Waals surface area contributed by atoms with Crippen LogP contribution in [0.4, 0.5) is 0 Å². The molecule has 0 bridgehead atoms. The number of aliphatic hydroxyl groups excluding tert-OH is 1. The Balaban J connectivity index is 2.46. The third-order valence-electron chi connectivity index (χ3n) is 3.36. The molecule has 0 saturated carbocycles. The molecule has 0 spiro atoms. The van der Waals surface area contributed by atoms with Gasteiger partial charge in [0, 0.05) is 32.2 Å². The van der Waals surface area contributed by atoms with Crippen molar-refractivity contribution in [2.75, 3.05) is 13.2 Å². The lowest BCUT2D eigenvalue weighted by molar-refractivity contribution is -0.118. The van der Waals surface area contributed by atoms with Crippen LogP contribution < -0.4 is 10.6 Å². The van der Waals surface area contributed by atoms with Crippen LogP contribution in [0.3, 0.4) is 0 Å². The summed E-state index contributed by atoms with van der Waals surface area (Å²) in [5.74, 6) is 0.0114. The SMILES string of the molecule is CC(=O)NCCc1ccc(C(C)NC(C)CCO)cc1. The van der Waals surface area contributed by atoms with E-state index in [0.29, 0.717) is 12.6 Å². The van der Waals surface area contributed by atoms with Crippen LogP contribution in [0.5, 0.6) is 0 Å². The average molecular weight is 278 g/mol. The molecule has 1 rings (SSSR count). The number of carbonyl (C=O) groups excluding carboxylic acids is 1. The fraction of sp³-hybridized carbons (Fsp3) is 0.562. The van der Waals surface area contributed by atoms with Crippen molar-refractivity contribution in [1.29, 1.82) is 0 Å². The second-order valence-corrected chi connectivity index (χ2v) is 5.28. The summed E-state index contributed by atoms with van der Waals surface area (Å²) < 4.78 is 0. The summed E-state index contributed by atoms with van der Waals surface area (Å²) >= 11 is 0. The van der Waals surface area contributed by atoms with Crippen molar-refractivity contribution in [1.82, 2.24) is 10.6 Å². The van der Waals surface area contributed by atoms with Gasteiger partial charge in [-0.05, 0) is 37.8 Å². The van der Waals surface area contributed by atoms with Gasteiger partial charge in [0.25, 0.3) is 0 Å². The van der Waals surface area contributed by atoms with Gasteiger partial charge in [-0.15, -0.1) is 0 Å². The lowest BCUT2D eigenvalue weighted by atomic mass is 10.0. The monoisotopic (exact) mass is 278 g/mol. The van der Waals surface area contributed by atoms with E-state index in [4.69, 9.17) is 5.11 Å². The van der Waals surface area contributed by atoms with Crippen LogP contribution in [0.1, 0.15) is 44.4 Å². The Kier molecular flexibility index (Phi) is 7.26. The predicted molar refractivity (Wildman–Crippen MR) is 81.5 cm³/mol. The molecule has 0 fully saturated rings. The third-order valence-corrected chi connectivity index (χ3v) is 3.36. The maximum atomic E-state index is 10.8. The predicted octanol–water partition coefficient (Wildman–Crippen LogP) is 1.79. The summed E-state index contributed by atoms with van der Waals surface area (Å²) in [6.07, 6.45) is 1.61. The highest BCUT2D eigenvalue weighted by molar-refractivity contribution is 5.72. The summed E-state index contributed by atoms with van der Waals surface area (Å²) in [4.78, 5) is 10.8. The van der Waals surface area contributed by atoms with Gasteiger partial charge < -0.3 is 15.7 Å². The summed E-state index contributed by atoms with van der Waals surface area (Å²) in [5, 5.41) is 15.2. The molecular formula is C16H26N2O2. The standard InChI is InChI=1S/C16H26N2O2/c1-12(9-11-19)18-13(2)16-6-4-15(5-7-16)8-10-17-14(3)20/h4-7,12-13,18-19H,8-11H2,1-3H3,(H,17,20). The number of nitrogens with one attached hydrogen (secondary N) is 2. The van der Waals surface area contributed by atoms with Gasteiger partial charge in [0.15, 0.2) is 0 Å². The van der Waals surface area contributed by atoms with Crippen LogP contribution in [0.15, 0.2) is 24.3 Å². The van der Waals surface area contributed by atoms with Gasteiger partial charge in [-0.1, -0.05) is 24.3 Å². The summed E-state index contributed by atoms with van der Waals surface area (Å²) in [6.45, 7) is 6.62. The zero-order valence-corrected chi connectivity index (χ0v) is 12.6. The zero-order chi connectivity index (χ0) is 15.0. The van der Waals surface area contributed by atoms with Crippen LogP contribution in [-0.4, -0.2) is 30.2 Å². The van der Waals surface area contributed by atoms with Crippen LogP contribution in [-0.2, 0) is 11.2 Å². The van der Waals surface area contributed by atoms with E-state index in [9.17, 15) is 4.79 Å². The largest absolute Gasteiger partial charge is 0.396 e. The molecule has 4 nitrogen and oxygen atoms in total. The van der Waals surface area contributed by atoms with Gasteiger partial charge in [-0.25, -0.2) is 0 Å². The Hall–Kier alpha value is -1.39. The second-order valence-electron chi connectivity index (χ2n) is 5.28. The van der Waals surface area contributed by atoms with E-state index in [1.54, 1.807) is 0 Å². The molecule has 1 amide bonds. The van der Waals surface area contributed by atoms with E-state index in [2.05, 4.69) is 48.7 Å². The normalized spacial score (nSPS) is 13.8. The fourth-order valence-electron chi connectivity index (χ4n) is 2.16.